The van der Waals surface area contributed by atoms with Crippen LogP contribution in [-0.4, -0.2) is 18.6 Å². The van der Waals surface area contributed by atoms with Crippen molar-refractivity contribution in [1.29, 1.82) is 0 Å². The second kappa shape index (κ2) is 6.28. The van der Waals surface area contributed by atoms with Gasteiger partial charge >= 0.3 is 0 Å². The highest BCUT2D eigenvalue weighted by atomic mass is 79.9. The Labute approximate surface area is 114 Å². The number of thiazole rings is 1. The zero-order valence-corrected chi connectivity index (χ0v) is 12.1. The molecular formula is C13H15BrN2S. The number of halogens is 1. The lowest BCUT2D eigenvalue weighted by atomic mass is 10.2. The van der Waals surface area contributed by atoms with Gasteiger partial charge in [-0.2, -0.15) is 0 Å². The van der Waals surface area contributed by atoms with Crippen LogP contribution < -0.4 is 5.32 Å². The average molecular weight is 311 g/mol. The van der Waals surface area contributed by atoms with Gasteiger partial charge in [0.2, 0.25) is 0 Å². The molecule has 0 amide bonds. The second-order valence-electron chi connectivity index (χ2n) is 3.89. The van der Waals surface area contributed by atoms with Crippen LogP contribution in [-0.2, 0) is 12.8 Å². The summed E-state index contributed by atoms with van der Waals surface area (Å²) in [6.45, 7) is 0.986. The van der Waals surface area contributed by atoms with E-state index in [0.29, 0.717) is 0 Å². The zero-order valence-electron chi connectivity index (χ0n) is 9.74. The number of hydrogen-bond donors (Lipinski definition) is 1. The van der Waals surface area contributed by atoms with E-state index in [1.54, 1.807) is 11.3 Å². The number of nitrogens with one attached hydrogen (secondary N) is 1. The minimum atomic E-state index is 0.920. The number of benzene rings is 1. The molecule has 0 unspecified atom stereocenters. The Morgan fingerprint density at radius 3 is 3.06 bits per heavy atom. The summed E-state index contributed by atoms with van der Waals surface area (Å²) in [7, 11) is 1.97. The summed E-state index contributed by atoms with van der Waals surface area (Å²) in [6.07, 6.45) is 1.93. The van der Waals surface area contributed by atoms with Crippen LogP contribution in [0, 0.1) is 0 Å². The fourth-order valence-electron chi connectivity index (χ4n) is 1.62. The van der Waals surface area contributed by atoms with Gasteiger partial charge in [0.05, 0.1) is 10.7 Å². The van der Waals surface area contributed by atoms with Crippen LogP contribution in [0.5, 0.6) is 0 Å². The van der Waals surface area contributed by atoms with E-state index in [1.807, 2.05) is 13.1 Å². The van der Waals surface area contributed by atoms with E-state index in [2.05, 4.69) is 49.8 Å². The molecule has 2 rings (SSSR count). The molecule has 0 bridgehead atoms. The summed E-state index contributed by atoms with van der Waals surface area (Å²) in [5, 5.41) is 6.49. The smallest absolute Gasteiger partial charge is 0.0972 e. The SMILES string of the molecule is CNCCc1csc(Cc2cccc(Br)c2)n1. The summed E-state index contributed by atoms with van der Waals surface area (Å²) >= 11 is 5.24. The molecule has 2 aromatic rings. The molecule has 1 aromatic heterocycles. The normalized spacial score (nSPS) is 10.7. The number of nitrogens with zero attached hydrogens (tertiary/aromatic N) is 1. The van der Waals surface area contributed by atoms with E-state index in [0.717, 1.165) is 23.9 Å². The van der Waals surface area contributed by atoms with Gasteiger partial charge < -0.3 is 5.32 Å². The molecule has 0 aliphatic carbocycles. The topological polar surface area (TPSA) is 24.9 Å². The lowest BCUT2D eigenvalue weighted by molar-refractivity contribution is 0.778. The molecule has 0 atom stereocenters. The van der Waals surface area contributed by atoms with Crippen LogP contribution in [0.4, 0.5) is 0 Å². The van der Waals surface area contributed by atoms with E-state index in [9.17, 15) is 0 Å². The summed E-state index contributed by atoms with van der Waals surface area (Å²) in [4.78, 5) is 4.64. The zero-order chi connectivity index (χ0) is 12.1. The maximum atomic E-state index is 4.64. The van der Waals surface area contributed by atoms with Gasteiger partial charge in [-0.05, 0) is 24.7 Å². The van der Waals surface area contributed by atoms with Crippen molar-refractivity contribution in [1.82, 2.24) is 10.3 Å². The molecule has 0 saturated carbocycles. The third-order valence-corrected chi connectivity index (χ3v) is 3.87. The molecule has 2 nitrogen and oxygen atoms in total. The van der Waals surface area contributed by atoms with Gasteiger partial charge in [-0.3, -0.25) is 0 Å². The Bertz CT molecular complexity index is 482. The fourth-order valence-corrected chi connectivity index (χ4v) is 2.93. The van der Waals surface area contributed by atoms with Gasteiger partial charge in [0.25, 0.3) is 0 Å². The highest BCUT2D eigenvalue weighted by Gasteiger charge is 2.03. The number of hydrogen-bond acceptors (Lipinski definition) is 3. The first kappa shape index (κ1) is 12.7. The van der Waals surface area contributed by atoms with E-state index >= 15 is 0 Å². The number of rotatable bonds is 5. The van der Waals surface area contributed by atoms with Crippen LogP contribution in [0.15, 0.2) is 34.1 Å². The van der Waals surface area contributed by atoms with Crippen molar-refractivity contribution in [2.45, 2.75) is 12.8 Å². The van der Waals surface area contributed by atoms with E-state index in [-0.39, 0.29) is 0 Å². The van der Waals surface area contributed by atoms with Crippen LogP contribution in [0.2, 0.25) is 0 Å². The van der Waals surface area contributed by atoms with Crippen molar-refractivity contribution in [2.24, 2.45) is 0 Å². The maximum Gasteiger partial charge on any atom is 0.0972 e. The molecule has 90 valence electrons. The van der Waals surface area contributed by atoms with Crippen LogP contribution in [0.25, 0.3) is 0 Å². The molecule has 0 radical (unpaired) electrons. The highest BCUT2D eigenvalue weighted by molar-refractivity contribution is 9.10. The first-order chi connectivity index (χ1) is 8.28. The standard InChI is InChI=1S/C13H15BrN2S/c1-15-6-5-12-9-17-13(16-12)8-10-3-2-4-11(14)7-10/h2-4,7,9,15H,5-6,8H2,1H3. The van der Waals surface area contributed by atoms with Crippen LogP contribution in [0.1, 0.15) is 16.3 Å². The van der Waals surface area contributed by atoms with Gasteiger partial charge in [-0.1, -0.05) is 28.1 Å². The maximum absolute atomic E-state index is 4.64. The third-order valence-electron chi connectivity index (χ3n) is 2.47. The first-order valence-electron chi connectivity index (χ1n) is 5.60. The molecule has 0 aliphatic rings. The molecule has 1 heterocycles. The largest absolute Gasteiger partial charge is 0.319 e. The Morgan fingerprint density at radius 2 is 2.29 bits per heavy atom. The molecule has 0 fully saturated rings. The molecule has 0 spiro atoms. The minimum Gasteiger partial charge on any atom is -0.319 e. The second-order valence-corrected chi connectivity index (χ2v) is 5.75. The molecule has 17 heavy (non-hydrogen) atoms. The summed E-state index contributed by atoms with van der Waals surface area (Å²) in [5.74, 6) is 0. The third kappa shape index (κ3) is 3.91. The Kier molecular flexibility index (Phi) is 4.71. The molecule has 0 aliphatic heterocycles. The van der Waals surface area contributed by atoms with E-state index < -0.39 is 0 Å². The Hall–Kier alpha value is -0.710. The molecular weight excluding hydrogens is 296 g/mol. The summed E-state index contributed by atoms with van der Waals surface area (Å²) < 4.78 is 1.13. The predicted molar refractivity (Wildman–Crippen MR) is 76.7 cm³/mol. The lowest BCUT2D eigenvalue weighted by Gasteiger charge is -1.98. The van der Waals surface area contributed by atoms with Gasteiger partial charge in [-0.15, -0.1) is 11.3 Å². The Morgan fingerprint density at radius 1 is 1.41 bits per heavy atom. The van der Waals surface area contributed by atoms with Gasteiger partial charge in [0, 0.05) is 29.2 Å². The first-order valence-corrected chi connectivity index (χ1v) is 7.27. The summed E-state index contributed by atoms with van der Waals surface area (Å²) in [6, 6.07) is 8.40. The molecule has 0 saturated heterocycles. The molecule has 1 N–H and O–H groups in total. The van der Waals surface area contributed by atoms with Crippen LogP contribution >= 0.6 is 27.3 Å². The van der Waals surface area contributed by atoms with Crippen LogP contribution in [0.3, 0.4) is 0 Å². The van der Waals surface area contributed by atoms with Gasteiger partial charge in [-0.25, -0.2) is 4.98 Å². The van der Waals surface area contributed by atoms with E-state index in [4.69, 9.17) is 0 Å². The van der Waals surface area contributed by atoms with Gasteiger partial charge in [0.15, 0.2) is 0 Å². The van der Waals surface area contributed by atoms with Gasteiger partial charge in [0.1, 0.15) is 0 Å². The quantitative estimate of drug-likeness (QED) is 0.917. The molecule has 4 heteroatoms. The monoisotopic (exact) mass is 310 g/mol. The summed E-state index contributed by atoms with van der Waals surface area (Å²) in [5.41, 5.74) is 2.49. The fraction of sp³-hybridized carbons (Fsp3) is 0.308. The highest BCUT2D eigenvalue weighted by Crippen LogP contribution is 2.18. The number of aromatic nitrogens is 1. The minimum absolute atomic E-state index is 0.920. The predicted octanol–water partition coefficient (Wildman–Crippen LogP) is 3.26. The number of likely N-dealkylation sites (N-methyl/N-ethyl adjacent to an activating group) is 1. The average Bonchev–Trinajstić information content (AvgIpc) is 2.74. The van der Waals surface area contributed by atoms with Crippen molar-refractivity contribution >= 4 is 27.3 Å². The van der Waals surface area contributed by atoms with Crippen molar-refractivity contribution in [3.63, 3.8) is 0 Å². The Balaban J connectivity index is 2.01. The van der Waals surface area contributed by atoms with Crippen molar-refractivity contribution in [3.8, 4) is 0 Å². The van der Waals surface area contributed by atoms with Crippen molar-refractivity contribution < 1.29 is 0 Å². The lowest BCUT2D eigenvalue weighted by Crippen LogP contribution is -2.10. The van der Waals surface area contributed by atoms with Crippen molar-refractivity contribution in [2.75, 3.05) is 13.6 Å². The van der Waals surface area contributed by atoms with Crippen molar-refractivity contribution in [3.05, 3.63) is 50.4 Å². The van der Waals surface area contributed by atoms with E-state index in [1.165, 1.54) is 16.3 Å². The molecule has 1 aromatic carbocycles.